The van der Waals surface area contributed by atoms with Gasteiger partial charge in [-0.15, -0.1) is 0 Å². The summed E-state index contributed by atoms with van der Waals surface area (Å²) in [6, 6.07) is 26.4. The van der Waals surface area contributed by atoms with Gasteiger partial charge in [0, 0.05) is 107 Å². The van der Waals surface area contributed by atoms with Crippen molar-refractivity contribution in [1.29, 1.82) is 0 Å². The summed E-state index contributed by atoms with van der Waals surface area (Å²) in [5, 5.41) is 72.8. The first-order chi connectivity index (χ1) is 53.9. The van der Waals surface area contributed by atoms with Crippen molar-refractivity contribution in [2.75, 3.05) is 40.1 Å². The van der Waals surface area contributed by atoms with Crippen LogP contribution in [0, 0.1) is 19.3 Å². The van der Waals surface area contributed by atoms with Gasteiger partial charge in [-0.3, -0.25) is 0 Å². The van der Waals surface area contributed by atoms with Crippen molar-refractivity contribution < 1.29 is 35.7 Å². The van der Waals surface area contributed by atoms with E-state index in [-0.39, 0.29) is 70.4 Å². The largest absolute Gasteiger partial charge is 0.507 e. The van der Waals surface area contributed by atoms with E-state index in [0.29, 0.717) is 45.9 Å². The van der Waals surface area contributed by atoms with E-state index in [1.54, 1.807) is 12.1 Å². The minimum Gasteiger partial charge on any atom is -0.507 e. The molecule has 0 fully saturated rings. The first-order valence-electron chi connectivity index (χ1n) is 44.2. The molecule has 0 radical (unpaired) electrons. The predicted molar refractivity (Wildman–Crippen MR) is 526 cm³/mol. The molecule has 0 aliphatic heterocycles. The molecular formula is C106H177N7O7. The van der Waals surface area contributed by atoms with Gasteiger partial charge in [-0.1, -0.05) is 289 Å². The first-order valence-corrected chi connectivity index (χ1v) is 44.2. The molecule has 0 aromatic heterocycles. The van der Waals surface area contributed by atoms with Crippen molar-refractivity contribution in [3.8, 4) is 40.2 Å². The summed E-state index contributed by atoms with van der Waals surface area (Å²) in [5.74, 6) is 2.81. The van der Waals surface area contributed by atoms with Crippen LogP contribution in [0.4, 0.5) is 39.8 Å². The number of nitrogens with two attached hydrogens (primary N) is 7. The fourth-order valence-electron chi connectivity index (χ4n) is 15.6. The van der Waals surface area contributed by atoms with Crippen LogP contribution < -0.4 is 40.1 Å². The minimum atomic E-state index is -0.119. The number of phenols is 7. The number of nitrogen functional groups attached to an aromatic ring is 7. The Morgan fingerprint density at radius 2 is 0.375 bits per heavy atom. The minimum absolute atomic E-state index is 0.0236. The second kappa shape index (κ2) is 41.7. The van der Waals surface area contributed by atoms with Gasteiger partial charge in [-0.2, -0.15) is 0 Å². The molecule has 0 saturated heterocycles. The maximum atomic E-state index is 10.7. The number of phenolic OH excluding ortho intramolecular Hbond substituents is 7. The van der Waals surface area contributed by atoms with Crippen LogP contribution >= 0.6 is 0 Å². The maximum Gasteiger partial charge on any atom is 0.123 e. The van der Waals surface area contributed by atoms with Gasteiger partial charge in [0.15, 0.2) is 0 Å². The third-order valence-electron chi connectivity index (χ3n) is 24.0. The molecule has 0 unspecified atom stereocenters. The number of unbranched alkanes of at least 4 members (excludes halogenated alkanes) is 1. The smallest absolute Gasteiger partial charge is 0.123 e. The van der Waals surface area contributed by atoms with Crippen molar-refractivity contribution in [3.05, 3.63) is 163 Å². The van der Waals surface area contributed by atoms with Crippen LogP contribution in [-0.2, 0) is 65.0 Å². The van der Waals surface area contributed by atoms with Crippen LogP contribution in [0.1, 0.15) is 412 Å². The molecular weight excluding hydrogens is 1480 g/mol. The number of hydrogen-bond acceptors (Lipinski definition) is 14. The van der Waals surface area contributed by atoms with Crippen LogP contribution in [0.3, 0.4) is 0 Å². The van der Waals surface area contributed by atoms with Gasteiger partial charge in [-0.25, -0.2) is 0 Å². The highest BCUT2D eigenvalue weighted by atomic mass is 16.3. The Morgan fingerprint density at radius 1 is 0.208 bits per heavy atom. The quantitative estimate of drug-likeness (QED) is 0.0281. The van der Waals surface area contributed by atoms with Gasteiger partial charge >= 0.3 is 0 Å². The van der Waals surface area contributed by atoms with E-state index < -0.39 is 0 Å². The molecule has 0 bridgehead atoms. The SMILES string of the molecule is CC(C)(C)CC(C)(C)c1cc(N)cc(C(C)(C)C)c1O.CCC(C)(C)c1cc(N)cc(C(C)(C)C)c1O.CCC(C)(C)c1cc(N)cc(C)c1O.CCCC(C)(C)c1cc(N)cc(C(C)(C)C)c1O.CCCC(C)(C)c1cc(N)cc(C(C)(C)CC)c1O.CCCCC(C)(C)c1cc(N)cc(C(C)(C)C)c1O.Cc1cc(N)cc(C(C)(C)C)c1O. The lowest BCUT2D eigenvalue weighted by atomic mass is 9.70. The highest BCUT2D eigenvalue weighted by Crippen LogP contribution is 2.50. The Labute approximate surface area is 732 Å². The molecule has 0 saturated carbocycles. The van der Waals surface area contributed by atoms with Crippen LogP contribution in [0.5, 0.6) is 40.2 Å². The van der Waals surface area contributed by atoms with E-state index in [2.05, 4.69) is 263 Å². The van der Waals surface area contributed by atoms with E-state index in [9.17, 15) is 35.7 Å². The summed E-state index contributed by atoms with van der Waals surface area (Å²) in [5.41, 5.74) is 59.1. The van der Waals surface area contributed by atoms with Gasteiger partial charge < -0.3 is 75.9 Å². The molecule has 0 spiro atoms. The van der Waals surface area contributed by atoms with E-state index in [4.69, 9.17) is 40.1 Å². The third kappa shape index (κ3) is 31.3. The van der Waals surface area contributed by atoms with Crippen molar-refractivity contribution in [3.63, 3.8) is 0 Å². The molecule has 0 amide bonds. The summed E-state index contributed by atoms with van der Waals surface area (Å²) < 4.78 is 0. The molecule has 7 aromatic rings. The molecule has 120 heavy (non-hydrogen) atoms. The van der Waals surface area contributed by atoms with E-state index in [1.165, 1.54) is 6.42 Å². The molecule has 7 rings (SSSR count). The zero-order valence-corrected chi connectivity index (χ0v) is 83.5. The lowest BCUT2D eigenvalue weighted by Crippen LogP contribution is -2.26. The number of rotatable bonds is 18. The van der Waals surface area contributed by atoms with Gasteiger partial charge in [0.2, 0.25) is 0 Å². The van der Waals surface area contributed by atoms with E-state index in [0.717, 1.165) is 176 Å². The molecule has 0 atom stereocenters. The molecule has 7 aromatic carbocycles. The molecule has 678 valence electrons. The predicted octanol–water partition coefficient (Wildman–Crippen LogP) is 28.3. The average molecular weight is 1660 g/mol. The maximum absolute atomic E-state index is 10.7. The average Bonchev–Trinajstić information content (AvgIpc) is 0.792. The van der Waals surface area contributed by atoms with Gasteiger partial charge in [-0.05, 0) is 225 Å². The van der Waals surface area contributed by atoms with Crippen molar-refractivity contribution in [1.82, 2.24) is 0 Å². The summed E-state index contributed by atoms with van der Waals surface area (Å²) >= 11 is 0. The fourth-order valence-corrected chi connectivity index (χ4v) is 15.6. The van der Waals surface area contributed by atoms with E-state index >= 15 is 0 Å². The number of aryl methyl sites for hydroxylation is 2. The summed E-state index contributed by atoms with van der Waals surface area (Å²) in [6.07, 6.45) is 11.5. The normalized spacial score (nSPS) is 12.7. The Hall–Kier alpha value is -8.26. The Balaban J connectivity index is 0.000000703. The zero-order chi connectivity index (χ0) is 94.3. The molecule has 14 heteroatoms. The highest BCUT2D eigenvalue weighted by molar-refractivity contribution is 5.63. The fraction of sp³-hybridized carbons (Fsp3) is 0.604. The van der Waals surface area contributed by atoms with Crippen LogP contribution in [0.25, 0.3) is 0 Å². The summed E-state index contributed by atoms with van der Waals surface area (Å²) in [7, 11) is 0. The number of anilines is 7. The van der Waals surface area contributed by atoms with Crippen molar-refractivity contribution in [2.24, 2.45) is 5.41 Å². The monoisotopic (exact) mass is 1660 g/mol. The molecule has 0 aliphatic rings. The molecule has 0 aliphatic carbocycles. The standard InChI is InChI=1S/C18H31NO.2C17H29NO.C16H27NO.C15H25NO.C12H19NO.C11H17NO/c1-16(2,3)11-18(7,8)14-10-12(19)9-13(15(14)20)17(4,5)6;1-7-8-9-17(5,6)14-11-12(18)10-13(15(14)19)16(2,3)4;1-7-9-17(5,6)14-11-12(18)10-13(15(14)19)16(3,4)8-2;1-7-8-16(5,6)13-10-11(17)9-12(14(13)18)15(2,3)4;1-7-15(5,6)12-9-10(16)8-11(13(12)17)14(2,3)4;1-5-12(3,4)10-7-9(13)6-8(2)11(10)14;1-7-5-8(12)6-9(10(7)13)11(2,3)4/h9-10,20H,11,19H2,1-8H3;2*10-11,19H,7-9,18H2,1-6H3;9-10,18H,7-8,17H2,1-6H3;8-9,17H,7,16H2,1-6H3;6-7,14H,5,13H2,1-4H3;5-6,13H,12H2,1-4H3. The number of aromatic hydroxyl groups is 7. The topological polar surface area (TPSA) is 324 Å². The number of benzene rings is 7. The zero-order valence-electron chi connectivity index (χ0n) is 83.5. The number of hydrogen-bond donors (Lipinski definition) is 14. The Morgan fingerprint density at radius 3 is 0.575 bits per heavy atom. The molecule has 14 nitrogen and oxygen atoms in total. The van der Waals surface area contributed by atoms with Crippen molar-refractivity contribution >= 4 is 39.8 Å². The Kier molecular flexibility index (Phi) is 38.2. The highest BCUT2D eigenvalue weighted by Gasteiger charge is 2.36. The van der Waals surface area contributed by atoms with Crippen LogP contribution in [0.15, 0.2) is 84.9 Å². The van der Waals surface area contributed by atoms with Gasteiger partial charge in [0.1, 0.15) is 40.2 Å². The van der Waals surface area contributed by atoms with Crippen molar-refractivity contribution in [2.45, 2.75) is 413 Å². The summed E-state index contributed by atoms with van der Waals surface area (Å²) in [6.45, 7) is 84.8. The second-order valence-corrected chi connectivity index (χ2v) is 45.1. The van der Waals surface area contributed by atoms with E-state index in [1.807, 2.05) is 86.6 Å². The summed E-state index contributed by atoms with van der Waals surface area (Å²) in [4.78, 5) is 0. The molecule has 0 heterocycles. The van der Waals surface area contributed by atoms with Crippen LogP contribution in [0.2, 0.25) is 0 Å². The van der Waals surface area contributed by atoms with Gasteiger partial charge in [0.25, 0.3) is 0 Å². The lowest BCUT2D eigenvalue weighted by molar-refractivity contribution is 0.277. The third-order valence-corrected chi connectivity index (χ3v) is 24.0. The lowest BCUT2D eigenvalue weighted by Gasteiger charge is -2.35. The first kappa shape index (κ1) is 110. The molecule has 21 N–H and O–H groups in total. The Bertz CT molecular complexity index is 4470. The second-order valence-electron chi connectivity index (χ2n) is 45.1. The van der Waals surface area contributed by atoms with Gasteiger partial charge in [0.05, 0.1) is 0 Å². The van der Waals surface area contributed by atoms with Crippen LogP contribution in [-0.4, -0.2) is 35.7 Å².